The molecule has 1 fully saturated rings. The number of hydrogen-bond acceptors (Lipinski definition) is 1. The molecule has 0 heterocycles. The topological polar surface area (TPSA) is 26.0 Å². The Morgan fingerprint density at radius 3 is 2.64 bits per heavy atom. The maximum Gasteiger partial charge on any atom is 0.0180 e. The molecule has 1 aromatic rings. The van der Waals surface area contributed by atoms with E-state index >= 15 is 0 Å². The summed E-state index contributed by atoms with van der Waals surface area (Å²) in [7, 11) is 0. The first kappa shape index (κ1) is 9.72. The molecule has 0 aliphatic heterocycles. The van der Waals surface area contributed by atoms with Crippen LogP contribution < -0.4 is 5.73 Å². The minimum atomic E-state index is 0.674. The average Bonchev–Trinajstić information content (AvgIpc) is 2.15. The SMILES string of the molecule is CC(c1ccccc1CN)C1CCC1. The van der Waals surface area contributed by atoms with E-state index in [-0.39, 0.29) is 0 Å². The summed E-state index contributed by atoms with van der Waals surface area (Å²) in [6.07, 6.45) is 4.22. The molecule has 1 nitrogen and oxygen atoms in total. The van der Waals surface area contributed by atoms with Crippen LogP contribution in [0.1, 0.15) is 43.2 Å². The van der Waals surface area contributed by atoms with E-state index in [4.69, 9.17) is 5.73 Å². The van der Waals surface area contributed by atoms with Crippen LogP contribution in [0, 0.1) is 5.92 Å². The summed E-state index contributed by atoms with van der Waals surface area (Å²) in [5.41, 5.74) is 8.55. The zero-order valence-corrected chi connectivity index (χ0v) is 8.87. The van der Waals surface area contributed by atoms with Gasteiger partial charge in [0.2, 0.25) is 0 Å². The Kier molecular flexibility index (Phi) is 2.87. The fourth-order valence-corrected chi connectivity index (χ4v) is 2.36. The van der Waals surface area contributed by atoms with E-state index in [1.807, 2.05) is 0 Å². The Balaban J connectivity index is 2.20. The molecule has 1 aliphatic rings. The lowest BCUT2D eigenvalue weighted by molar-refractivity contribution is 0.271. The minimum absolute atomic E-state index is 0.674. The van der Waals surface area contributed by atoms with Crippen molar-refractivity contribution in [1.82, 2.24) is 0 Å². The summed E-state index contributed by atoms with van der Waals surface area (Å²) in [4.78, 5) is 0. The van der Waals surface area contributed by atoms with Crippen LogP contribution in [0.2, 0.25) is 0 Å². The highest BCUT2D eigenvalue weighted by Crippen LogP contribution is 2.39. The summed E-state index contributed by atoms with van der Waals surface area (Å²) in [5.74, 6) is 1.60. The highest BCUT2D eigenvalue weighted by Gasteiger charge is 2.25. The Morgan fingerprint density at radius 2 is 2.07 bits per heavy atom. The van der Waals surface area contributed by atoms with Gasteiger partial charge < -0.3 is 5.73 Å². The average molecular weight is 189 g/mol. The fourth-order valence-electron chi connectivity index (χ4n) is 2.36. The van der Waals surface area contributed by atoms with Crippen molar-refractivity contribution >= 4 is 0 Å². The zero-order chi connectivity index (χ0) is 9.97. The first-order valence-corrected chi connectivity index (χ1v) is 5.61. The predicted molar refractivity (Wildman–Crippen MR) is 60.1 cm³/mol. The van der Waals surface area contributed by atoms with E-state index in [0.29, 0.717) is 12.5 Å². The van der Waals surface area contributed by atoms with Gasteiger partial charge in [-0.25, -0.2) is 0 Å². The largest absolute Gasteiger partial charge is 0.326 e. The van der Waals surface area contributed by atoms with E-state index in [1.54, 1.807) is 0 Å². The van der Waals surface area contributed by atoms with Crippen molar-refractivity contribution in [3.63, 3.8) is 0 Å². The third-order valence-corrected chi connectivity index (χ3v) is 3.62. The standard InChI is InChI=1S/C13H19N/c1-10(11-6-4-7-11)13-8-3-2-5-12(13)9-14/h2-3,5,8,10-11H,4,6-7,9,14H2,1H3. The molecule has 2 rings (SSSR count). The second-order valence-electron chi connectivity index (χ2n) is 4.38. The second-order valence-corrected chi connectivity index (χ2v) is 4.38. The first-order chi connectivity index (χ1) is 6.83. The lowest BCUT2D eigenvalue weighted by atomic mass is 9.73. The van der Waals surface area contributed by atoms with Gasteiger partial charge in [-0.1, -0.05) is 37.6 Å². The maximum atomic E-state index is 5.75. The number of hydrogen-bond donors (Lipinski definition) is 1. The van der Waals surface area contributed by atoms with E-state index < -0.39 is 0 Å². The molecule has 14 heavy (non-hydrogen) atoms. The van der Waals surface area contributed by atoms with Crippen LogP contribution in [0.15, 0.2) is 24.3 Å². The van der Waals surface area contributed by atoms with Crippen molar-refractivity contribution in [3.8, 4) is 0 Å². The van der Waals surface area contributed by atoms with Gasteiger partial charge in [0.1, 0.15) is 0 Å². The highest BCUT2D eigenvalue weighted by atomic mass is 14.5. The Labute approximate surface area is 86.3 Å². The van der Waals surface area contributed by atoms with Gasteiger partial charge in [0.15, 0.2) is 0 Å². The quantitative estimate of drug-likeness (QED) is 0.777. The molecule has 1 aliphatic carbocycles. The van der Waals surface area contributed by atoms with Crippen molar-refractivity contribution < 1.29 is 0 Å². The molecule has 0 amide bonds. The Hall–Kier alpha value is -0.820. The second kappa shape index (κ2) is 4.14. The van der Waals surface area contributed by atoms with Crippen LogP contribution in [0.4, 0.5) is 0 Å². The molecule has 76 valence electrons. The molecule has 0 spiro atoms. The van der Waals surface area contributed by atoms with Gasteiger partial charge in [0.05, 0.1) is 0 Å². The van der Waals surface area contributed by atoms with Crippen molar-refractivity contribution in [2.75, 3.05) is 0 Å². The zero-order valence-electron chi connectivity index (χ0n) is 8.87. The predicted octanol–water partition coefficient (Wildman–Crippen LogP) is 3.05. The summed E-state index contributed by atoms with van der Waals surface area (Å²) < 4.78 is 0. The number of nitrogens with two attached hydrogens (primary N) is 1. The Bertz CT molecular complexity index is 302. The molecular formula is C13H19N. The molecule has 1 unspecified atom stereocenters. The number of rotatable bonds is 3. The van der Waals surface area contributed by atoms with E-state index in [9.17, 15) is 0 Å². The fraction of sp³-hybridized carbons (Fsp3) is 0.538. The molecule has 0 bridgehead atoms. The van der Waals surface area contributed by atoms with Gasteiger partial charge >= 0.3 is 0 Å². The molecule has 0 radical (unpaired) electrons. The Morgan fingerprint density at radius 1 is 1.36 bits per heavy atom. The normalized spacial score (nSPS) is 19.0. The van der Waals surface area contributed by atoms with Crippen molar-refractivity contribution in [1.29, 1.82) is 0 Å². The van der Waals surface area contributed by atoms with Crippen LogP contribution in [-0.4, -0.2) is 0 Å². The summed E-state index contributed by atoms with van der Waals surface area (Å²) in [6, 6.07) is 8.61. The lowest BCUT2D eigenvalue weighted by Crippen LogP contribution is -2.19. The molecule has 1 atom stereocenters. The van der Waals surface area contributed by atoms with E-state index in [0.717, 1.165) is 5.92 Å². The highest BCUT2D eigenvalue weighted by molar-refractivity contribution is 5.30. The van der Waals surface area contributed by atoms with Crippen LogP contribution >= 0.6 is 0 Å². The summed E-state index contributed by atoms with van der Waals surface area (Å²) in [6.45, 7) is 3.02. The third-order valence-electron chi connectivity index (χ3n) is 3.62. The molecule has 1 saturated carbocycles. The van der Waals surface area contributed by atoms with E-state index in [1.165, 1.54) is 30.4 Å². The van der Waals surface area contributed by atoms with Gasteiger partial charge in [-0.05, 0) is 35.8 Å². The molecule has 1 heteroatoms. The number of benzene rings is 1. The maximum absolute atomic E-state index is 5.75. The van der Waals surface area contributed by atoms with Crippen molar-refractivity contribution in [2.24, 2.45) is 11.7 Å². The third kappa shape index (κ3) is 1.69. The van der Waals surface area contributed by atoms with Crippen molar-refractivity contribution in [2.45, 2.75) is 38.6 Å². The van der Waals surface area contributed by atoms with Crippen LogP contribution in [0.5, 0.6) is 0 Å². The van der Waals surface area contributed by atoms with Gasteiger partial charge in [0, 0.05) is 6.54 Å². The monoisotopic (exact) mass is 189 g/mol. The van der Waals surface area contributed by atoms with Crippen LogP contribution in [0.25, 0.3) is 0 Å². The van der Waals surface area contributed by atoms with Crippen molar-refractivity contribution in [3.05, 3.63) is 35.4 Å². The van der Waals surface area contributed by atoms with Crippen LogP contribution in [-0.2, 0) is 6.54 Å². The summed E-state index contributed by atoms with van der Waals surface area (Å²) >= 11 is 0. The molecule has 2 N–H and O–H groups in total. The summed E-state index contributed by atoms with van der Waals surface area (Å²) in [5, 5.41) is 0. The molecular weight excluding hydrogens is 170 g/mol. The van der Waals surface area contributed by atoms with Gasteiger partial charge in [-0.2, -0.15) is 0 Å². The van der Waals surface area contributed by atoms with Gasteiger partial charge in [0.25, 0.3) is 0 Å². The molecule has 0 aromatic heterocycles. The van der Waals surface area contributed by atoms with Gasteiger partial charge in [-0.15, -0.1) is 0 Å². The van der Waals surface area contributed by atoms with E-state index in [2.05, 4.69) is 31.2 Å². The van der Waals surface area contributed by atoms with Gasteiger partial charge in [-0.3, -0.25) is 0 Å². The molecule has 0 saturated heterocycles. The molecule has 1 aromatic carbocycles. The van der Waals surface area contributed by atoms with Crippen LogP contribution in [0.3, 0.4) is 0 Å². The lowest BCUT2D eigenvalue weighted by Gasteiger charge is -2.32. The minimum Gasteiger partial charge on any atom is -0.326 e. The first-order valence-electron chi connectivity index (χ1n) is 5.61. The smallest absolute Gasteiger partial charge is 0.0180 e.